The van der Waals surface area contributed by atoms with Gasteiger partial charge in [-0.05, 0) is 26.0 Å². The van der Waals surface area contributed by atoms with Crippen molar-refractivity contribution >= 4 is 23.8 Å². The van der Waals surface area contributed by atoms with Crippen LogP contribution >= 0.6 is 11.8 Å². The summed E-state index contributed by atoms with van der Waals surface area (Å²) in [6.07, 6.45) is 5.74. The predicted octanol–water partition coefficient (Wildman–Crippen LogP) is 2.41. The maximum absolute atomic E-state index is 11.8. The summed E-state index contributed by atoms with van der Waals surface area (Å²) in [7, 11) is 1.81. The lowest BCUT2D eigenvalue weighted by Gasteiger charge is -2.24. The molecule has 0 aliphatic heterocycles. The Kier molecular flexibility index (Phi) is 10.4. The molecule has 0 heterocycles. The lowest BCUT2D eigenvalue weighted by molar-refractivity contribution is -0.137. The van der Waals surface area contributed by atoms with E-state index < -0.39 is 5.97 Å². The molecule has 0 aromatic rings. The van der Waals surface area contributed by atoms with Crippen LogP contribution in [0.4, 0.5) is 4.79 Å². The summed E-state index contributed by atoms with van der Waals surface area (Å²) < 4.78 is 0. The van der Waals surface area contributed by atoms with E-state index in [2.05, 4.69) is 5.32 Å². The van der Waals surface area contributed by atoms with Crippen LogP contribution in [0, 0.1) is 0 Å². The Balaban J connectivity index is 3.55. The van der Waals surface area contributed by atoms with Gasteiger partial charge in [0.25, 0.3) is 0 Å². The van der Waals surface area contributed by atoms with Gasteiger partial charge in [-0.15, -0.1) is 0 Å². The molecule has 112 valence electrons. The Morgan fingerprint density at radius 1 is 1.26 bits per heavy atom. The Hall–Kier alpha value is -0.910. The van der Waals surface area contributed by atoms with Crippen LogP contribution in [0.5, 0.6) is 0 Å². The van der Waals surface area contributed by atoms with Gasteiger partial charge in [0, 0.05) is 31.8 Å². The Bertz CT molecular complexity index is 275. The van der Waals surface area contributed by atoms with Crippen molar-refractivity contribution in [1.82, 2.24) is 10.2 Å². The fourth-order valence-electron chi connectivity index (χ4n) is 1.63. The minimum Gasteiger partial charge on any atom is -0.481 e. The van der Waals surface area contributed by atoms with Gasteiger partial charge < -0.3 is 15.3 Å². The van der Waals surface area contributed by atoms with Gasteiger partial charge in [-0.1, -0.05) is 12.8 Å². The van der Waals surface area contributed by atoms with Gasteiger partial charge in [-0.3, -0.25) is 4.79 Å². The number of nitrogens with zero attached hydrogens (tertiary/aromatic N) is 1. The zero-order valence-corrected chi connectivity index (χ0v) is 13.0. The van der Waals surface area contributed by atoms with Crippen molar-refractivity contribution in [2.75, 3.05) is 25.6 Å². The number of rotatable bonds is 10. The van der Waals surface area contributed by atoms with Crippen LogP contribution in [0.1, 0.15) is 39.0 Å². The average molecular weight is 290 g/mol. The lowest BCUT2D eigenvalue weighted by Crippen LogP contribution is -2.43. The van der Waals surface area contributed by atoms with Crippen LogP contribution in [-0.4, -0.2) is 53.6 Å². The SMILES string of the molecule is CSCC(C)N(C)C(=O)NCCCCCCC(=O)O. The Morgan fingerprint density at radius 3 is 2.47 bits per heavy atom. The fraction of sp³-hybridized carbons (Fsp3) is 0.846. The van der Waals surface area contributed by atoms with Crippen LogP contribution in [0.15, 0.2) is 0 Å². The van der Waals surface area contributed by atoms with E-state index in [4.69, 9.17) is 5.11 Å². The molecule has 6 heteroatoms. The second-order valence-electron chi connectivity index (χ2n) is 4.71. The van der Waals surface area contributed by atoms with Gasteiger partial charge in [0.05, 0.1) is 0 Å². The minimum absolute atomic E-state index is 0.0351. The van der Waals surface area contributed by atoms with Crippen molar-refractivity contribution in [2.45, 2.75) is 45.1 Å². The molecule has 0 bridgehead atoms. The summed E-state index contributed by atoms with van der Waals surface area (Å²) in [5.41, 5.74) is 0. The first-order valence-electron chi connectivity index (χ1n) is 6.70. The second-order valence-corrected chi connectivity index (χ2v) is 5.62. The van der Waals surface area contributed by atoms with E-state index in [0.29, 0.717) is 13.0 Å². The summed E-state index contributed by atoms with van der Waals surface area (Å²) in [6.45, 7) is 2.68. The van der Waals surface area contributed by atoms with Crippen LogP contribution in [-0.2, 0) is 4.79 Å². The number of carboxylic acid groups (broad SMARTS) is 1. The van der Waals surface area contributed by atoms with Gasteiger partial charge in [0.1, 0.15) is 0 Å². The number of thioether (sulfide) groups is 1. The van der Waals surface area contributed by atoms with Gasteiger partial charge in [-0.2, -0.15) is 11.8 Å². The number of hydrogen-bond donors (Lipinski definition) is 2. The third-order valence-corrected chi connectivity index (χ3v) is 3.80. The molecule has 0 aliphatic rings. The molecule has 0 radical (unpaired) electrons. The van der Waals surface area contributed by atoms with Crippen molar-refractivity contribution < 1.29 is 14.7 Å². The van der Waals surface area contributed by atoms with E-state index in [1.807, 2.05) is 20.2 Å². The van der Waals surface area contributed by atoms with Crippen LogP contribution in [0.2, 0.25) is 0 Å². The summed E-state index contributed by atoms with van der Waals surface area (Å²) in [5, 5.41) is 11.4. The monoisotopic (exact) mass is 290 g/mol. The van der Waals surface area contributed by atoms with Crippen molar-refractivity contribution in [3.8, 4) is 0 Å². The molecule has 0 aliphatic carbocycles. The lowest BCUT2D eigenvalue weighted by atomic mass is 10.1. The van der Waals surface area contributed by atoms with E-state index in [1.165, 1.54) is 0 Å². The van der Waals surface area contributed by atoms with E-state index >= 15 is 0 Å². The summed E-state index contributed by atoms with van der Waals surface area (Å²) >= 11 is 1.73. The van der Waals surface area contributed by atoms with Gasteiger partial charge in [0.15, 0.2) is 0 Å². The standard InChI is InChI=1S/C13H26N2O3S/c1-11(10-19-3)15(2)13(18)14-9-7-5-4-6-8-12(16)17/h11H,4-10H2,1-3H3,(H,14,18)(H,16,17). The van der Waals surface area contributed by atoms with Crippen LogP contribution in [0.3, 0.4) is 0 Å². The molecule has 2 amide bonds. The third-order valence-electron chi connectivity index (χ3n) is 2.98. The number of carbonyl (C=O) groups is 2. The minimum atomic E-state index is -0.738. The highest BCUT2D eigenvalue weighted by molar-refractivity contribution is 7.98. The molecule has 0 aromatic carbocycles. The number of carboxylic acids is 1. The molecule has 0 saturated heterocycles. The molecular formula is C13H26N2O3S. The molecule has 0 saturated carbocycles. The van der Waals surface area contributed by atoms with Crippen LogP contribution in [0.25, 0.3) is 0 Å². The zero-order valence-electron chi connectivity index (χ0n) is 12.1. The Labute approximate surface area is 120 Å². The number of amides is 2. The summed E-state index contributed by atoms with van der Waals surface area (Å²) in [5.74, 6) is 0.191. The van der Waals surface area contributed by atoms with E-state index in [9.17, 15) is 9.59 Å². The van der Waals surface area contributed by atoms with Gasteiger partial charge in [0.2, 0.25) is 0 Å². The molecule has 19 heavy (non-hydrogen) atoms. The number of urea groups is 1. The van der Waals surface area contributed by atoms with Crippen molar-refractivity contribution in [3.05, 3.63) is 0 Å². The highest BCUT2D eigenvalue weighted by atomic mass is 32.2. The molecule has 0 rings (SSSR count). The van der Waals surface area contributed by atoms with Crippen molar-refractivity contribution in [1.29, 1.82) is 0 Å². The average Bonchev–Trinajstić information content (AvgIpc) is 2.36. The summed E-state index contributed by atoms with van der Waals surface area (Å²) in [4.78, 5) is 23.8. The first kappa shape index (κ1) is 18.1. The zero-order chi connectivity index (χ0) is 14.7. The van der Waals surface area contributed by atoms with Crippen LogP contribution < -0.4 is 5.32 Å². The maximum atomic E-state index is 11.8. The molecule has 0 fully saturated rings. The number of hydrogen-bond acceptors (Lipinski definition) is 3. The molecule has 5 nitrogen and oxygen atoms in total. The first-order valence-corrected chi connectivity index (χ1v) is 8.09. The quantitative estimate of drug-likeness (QED) is 0.606. The highest BCUT2D eigenvalue weighted by Gasteiger charge is 2.13. The van der Waals surface area contributed by atoms with Crippen molar-refractivity contribution in [3.63, 3.8) is 0 Å². The molecular weight excluding hydrogens is 264 g/mol. The number of carbonyl (C=O) groups excluding carboxylic acids is 1. The number of nitrogens with one attached hydrogen (secondary N) is 1. The maximum Gasteiger partial charge on any atom is 0.317 e. The molecule has 0 aromatic heterocycles. The largest absolute Gasteiger partial charge is 0.481 e. The highest BCUT2D eigenvalue weighted by Crippen LogP contribution is 2.04. The normalized spacial score (nSPS) is 11.9. The van der Waals surface area contributed by atoms with E-state index in [1.54, 1.807) is 16.7 Å². The number of aliphatic carboxylic acids is 1. The topological polar surface area (TPSA) is 69.6 Å². The van der Waals surface area contributed by atoms with E-state index in [-0.39, 0.29) is 18.5 Å². The van der Waals surface area contributed by atoms with Crippen molar-refractivity contribution in [2.24, 2.45) is 0 Å². The first-order chi connectivity index (χ1) is 8.99. The predicted molar refractivity (Wildman–Crippen MR) is 79.7 cm³/mol. The molecule has 2 N–H and O–H groups in total. The molecule has 1 atom stereocenters. The smallest absolute Gasteiger partial charge is 0.317 e. The van der Waals surface area contributed by atoms with E-state index in [0.717, 1.165) is 25.0 Å². The molecule has 1 unspecified atom stereocenters. The third kappa shape index (κ3) is 9.64. The molecule has 0 spiro atoms. The summed E-state index contributed by atoms with van der Waals surface area (Å²) in [6, 6.07) is 0.192. The second kappa shape index (κ2) is 11.0. The van der Waals surface area contributed by atoms with Gasteiger partial charge in [-0.25, -0.2) is 4.79 Å². The Morgan fingerprint density at radius 2 is 1.89 bits per heavy atom. The number of unbranched alkanes of at least 4 members (excludes halogenated alkanes) is 3. The van der Waals surface area contributed by atoms with Gasteiger partial charge >= 0.3 is 12.0 Å². The fourth-order valence-corrected chi connectivity index (χ4v) is 2.33.